The minimum Gasteiger partial charge on any atom is -0.503 e. The van der Waals surface area contributed by atoms with E-state index in [1.807, 2.05) is 20.8 Å². The molecule has 174 valence electrons. The van der Waals surface area contributed by atoms with Gasteiger partial charge in [-0.3, -0.25) is 14.6 Å². The molecular weight excluding hydrogens is 478 g/mol. The molecule has 1 heterocycles. The summed E-state index contributed by atoms with van der Waals surface area (Å²) in [6.45, 7) is 8.71. The summed E-state index contributed by atoms with van der Waals surface area (Å²) in [6, 6.07) is 3.39. The minimum absolute atomic E-state index is 0.0206. The Labute approximate surface area is 197 Å². The quantitative estimate of drug-likeness (QED) is 0.429. The largest absolute Gasteiger partial charge is 0.503 e. The molecule has 1 aliphatic heterocycles. The van der Waals surface area contributed by atoms with Crippen molar-refractivity contribution in [2.45, 2.75) is 46.5 Å². The SMILES string of the molecule is CCOCCOC(=O)C1C(C)=NC2=C(C(=O)CC(C)(C)C2)[C@H]1c1cc(Br)c(O)c(OC)c1. The number of ketones is 1. The number of hydrogen-bond donors (Lipinski definition) is 1. The summed E-state index contributed by atoms with van der Waals surface area (Å²) in [7, 11) is 1.46. The number of phenolic OH excluding ortho intramolecular Hbond substituents is 1. The Kier molecular flexibility index (Phi) is 7.45. The van der Waals surface area contributed by atoms with Gasteiger partial charge >= 0.3 is 5.97 Å². The van der Waals surface area contributed by atoms with Crippen LogP contribution in [0, 0.1) is 11.3 Å². The summed E-state index contributed by atoms with van der Waals surface area (Å²) in [5.74, 6) is -1.61. The van der Waals surface area contributed by atoms with Crippen LogP contribution in [0.5, 0.6) is 11.5 Å². The molecule has 8 heteroatoms. The van der Waals surface area contributed by atoms with Crippen molar-refractivity contribution in [2.75, 3.05) is 26.9 Å². The summed E-state index contributed by atoms with van der Waals surface area (Å²) in [5, 5.41) is 10.3. The van der Waals surface area contributed by atoms with E-state index >= 15 is 0 Å². The molecule has 32 heavy (non-hydrogen) atoms. The molecule has 0 saturated heterocycles. The van der Waals surface area contributed by atoms with Crippen LogP contribution >= 0.6 is 15.9 Å². The third-order valence-electron chi connectivity index (χ3n) is 5.86. The number of hydrogen-bond acceptors (Lipinski definition) is 7. The molecule has 2 aliphatic rings. The standard InChI is InChI=1S/C24H30BrNO6/c1-6-31-7-8-32-23(29)19-13(2)26-16-11-24(3,4)12-17(27)21(16)20(19)14-9-15(25)22(28)18(10-14)30-5/h9-10,19-20,28H,6-8,11-12H2,1-5H3/t19?,20-/m0/s1. The second-order valence-electron chi connectivity index (χ2n) is 8.93. The fraction of sp³-hybridized carbons (Fsp3) is 0.542. The Hall–Kier alpha value is -2.19. The van der Waals surface area contributed by atoms with Gasteiger partial charge < -0.3 is 19.3 Å². The predicted molar refractivity (Wildman–Crippen MR) is 124 cm³/mol. The van der Waals surface area contributed by atoms with Crippen LogP contribution in [-0.4, -0.2) is 49.5 Å². The van der Waals surface area contributed by atoms with Crippen LogP contribution in [0.15, 0.2) is 32.9 Å². The third-order valence-corrected chi connectivity index (χ3v) is 6.47. The molecule has 0 amide bonds. The number of aromatic hydroxyl groups is 1. The number of carbonyl (C=O) groups is 2. The van der Waals surface area contributed by atoms with Crippen molar-refractivity contribution in [3.63, 3.8) is 0 Å². The Balaban J connectivity index is 2.11. The number of benzene rings is 1. The van der Waals surface area contributed by atoms with E-state index in [9.17, 15) is 14.7 Å². The second kappa shape index (κ2) is 9.75. The zero-order valence-corrected chi connectivity index (χ0v) is 20.7. The van der Waals surface area contributed by atoms with Gasteiger partial charge in [0.25, 0.3) is 0 Å². The maximum atomic E-state index is 13.3. The van der Waals surface area contributed by atoms with Crippen LogP contribution in [0.3, 0.4) is 0 Å². The van der Waals surface area contributed by atoms with Crippen molar-refractivity contribution < 1.29 is 28.9 Å². The van der Waals surface area contributed by atoms with Crippen molar-refractivity contribution in [3.05, 3.63) is 33.4 Å². The third kappa shape index (κ3) is 4.91. The highest BCUT2D eigenvalue weighted by atomic mass is 79.9. The van der Waals surface area contributed by atoms with E-state index in [2.05, 4.69) is 15.9 Å². The summed E-state index contributed by atoms with van der Waals surface area (Å²) >= 11 is 3.36. The van der Waals surface area contributed by atoms with Gasteiger partial charge in [0.1, 0.15) is 12.5 Å². The number of ether oxygens (including phenoxy) is 3. The van der Waals surface area contributed by atoms with Gasteiger partial charge in [-0.2, -0.15) is 0 Å². The van der Waals surface area contributed by atoms with Crippen molar-refractivity contribution in [1.29, 1.82) is 0 Å². The number of aliphatic imine (C=N–C) groups is 1. The molecule has 0 spiro atoms. The van der Waals surface area contributed by atoms with Gasteiger partial charge in [-0.05, 0) is 59.3 Å². The van der Waals surface area contributed by atoms with Gasteiger partial charge in [0.15, 0.2) is 17.3 Å². The van der Waals surface area contributed by atoms with Gasteiger partial charge in [-0.25, -0.2) is 0 Å². The fourth-order valence-corrected chi connectivity index (χ4v) is 4.93. The van der Waals surface area contributed by atoms with Gasteiger partial charge in [-0.1, -0.05) is 13.8 Å². The van der Waals surface area contributed by atoms with E-state index in [0.717, 1.165) is 5.70 Å². The number of nitrogens with zero attached hydrogens (tertiary/aromatic N) is 1. The molecule has 1 aliphatic carbocycles. The van der Waals surface area contributed by atoms with Gasteiger partial charge in [-0.15, -0.1) is 0 Å². The predicted octanol–water partition coefficient (Wildman–Crippen LogP) is 4.56. The zero-order chi connectivity index (χ0) is 23.6. The average molecular weight is 508 g/mol. The maximum absolute atomic E-state index is 13.3. The summed E-state index contributed by atoms with van der Waals surface area (Å²) in [5.41, 5.74) is 2.33. The van der Waals surface area contributed by atoms with Crippen LogP contribution in [0.1, 0.15) is 52.0 Å². The van der Waals surface area contributed by atoms with Gasteiger partial charge in [0.05, 0.1) is 18.2 Å². The molecular formula is C24H30BrNO6. The van der Waals surface area contributed by atoms with Crippen LogP contribution < -0.4 is 4.74 Å². The van der Waals surface area contributed by atoms with E-state index in [0.29, 0.717) is 47.4 Å². The first-order valence-electron chi connectivity index (χ1n) is 10.7. The number of Topliss-reactive ketones (excluding diaryl/α,β-unsaturated/α-hetero) is 1. The van der Waals surface area contributed by atoms with Crippen LogP contribution in [-0.2, 0) is 19.1 Å². The zero-order valence-electron chi connectivity index (χ0n) is 19.2. The molecule has 1 aromatic carbocycles. The first kappa shape index (κ1) is 24.5. The van der Waals surface area contributed by atoms with Crippen molar-refractivity contribution >= 4 is 33.4 Å². The van der Waals surface area contributed by atoms with Crippen molar-refractivity contribution in [3.8, 4) is 11.5 Å². The highest BCUT2D eigenvalue weighted by molar-refractivity contribution is 9.10. The fourth-order valence-electron chi connectivity index (χ4n) is 4.47. The van der Waals surface area contributed by atoms with Gasteiger partial charge in [0.2, 0.25) is 0 Å². The van der Waals surface area contributed by atoms with Crippen LogP contribution in [0.2, 0.25) is 0 Å². The summed E-state index contributed by atoms with van der Waals surface area (Å²) < 4.78 is 16.5. The number of halogens is 1. The summed E-state index contributed by atoms with van der Waals surface area (Å²) in [4.78, 5) is 31.2. The lowest BCUT2D eigenvalue weighted by atomic mass is 9.67. The van der Waals surface area contributed by atoms with E-state index in [-0.39, 0.29) is 29.3 Å². The molecule has 3 rings (SSSR count). The lowest BCUT2D eigenvalue weighted by Gasteiger charge is -2.39. The second-order valence-corrected chi connectivity index (χ2v) is 9.78. The van der Waals surface area contributed by atoms with Crippen molar-refractivity contribution in [1.82, 2.24) is 0 Å². The average Bonchev–Trinajstić information content (AvgIpc) is 2.71. The lowest BCUT2D eigenvalue weighted by molar-refractivity contribution is -0.148. The number of carbonyl (C=O) groups excluding carboxylic acids is 2. The normalized spacial score (nSPS) is 22.3. The first-order valence-corrected chi connectivity index (χ1v) is 11.5. The van der Waals surface area contributed by atoms with E-state index in [4.69, 9.17) is 19.2 Å². The van der Waals surface area contributed by atoms with Crippen molar-refractivity contribution in [2.24, 2.45) is 16.3 Å². The number of esters is 1. The van der Waals surface area contributed by atoms with E-state index in [1.165, 1.54) is 7.11 Å². The topological polar surface area (TPSA) is 94.4 Å². The highest BCUT2D eigenvalue weighted by Gasteiger charge is 2.46. The molecule has 7 nitrogen and oxygen atoms in total. The molecule has 0 bridgehead atoms. The van der Waals surface area contributed by atoms with E-state index < -0.39 is 17.8 Å². The lowest BCUT2D eigenvalue weighted by Crippen LogP contribution is -2.39. The number of methoxy groups -OCH3 is 1. The van der Waals surface area contributed by atoms with Crippen LogP contribution in [0.25, 0.3) is 0 Å². The molecule has 0 saturated carbocycles. The van der Waals surface area contributed by atoms with Crippen LogP contribution in [0.4, 0.5) is 0 Å². The maximum Gasteiger partial charge on any atom is 0.315 e. The molecule has 2 atom stereocenters. The Morgan fingerprint density at radius 1 is 1.28 bits per heavy atom. The molecule has 1 unspecified atom stereocenters. The smallest absolute Gasteiger partial charge is 0.315 e. The molecule has 1 aromatic rings. The van der Waals surface area contributed by atoms with Gasteiger partial charge in [0, 0.05) is 35.9 Å². The Morgan fingerprint density at radius 2 is 2.00 bits per heavy atom. The molecule has 1 N–H and O–H groups in total. The minimum atomic E-state index is -0.762. The highest BCUT2D eigenvalue weighted by Crippen LogP contribution is 2.49. The number of allylic oxidation sites excluding steroid dienone is 2. The molecule has 0 fully saturated rings. The Bertz CT molecular complexity index is 981. The number of rotatable bonds is 7. The van der Waals surface area contributed by atoms with E-state index in [1.54, 1.807) is 19.1 Å². The first-order chi connectivity index (χ1) is 15.1. The summed E-state index contributed by atoms with van der Waals surface area (Å²) in [6.07, 6.45) is 1.02. The number of phenols is 1. The Morgan fingerprint density at radius 3 is 2.66 bits per heavy atom. The molecule has 0 radical (unpaired) electrons. The molecule has 0 aromatic heterocycles. The monoisotopic (exact) mass is 507 g/mol.